The summed E-state index contributed by atoms with van der Waals surface area (Å²) in [5.41, 5.74) is -6.90. The van der Waals surface area contributed by atoms with Crippen molar-refractivity contribution in [3.63, 3.8) is 0 Å². The molecule has 0 radical (unpaired) electrons. The molecule has 2 heterocycles. The number of urea groups is 1. The van der Waals surface area contributed by atoms with Gasteiger partial charge in [-0.3, -0.25) is 14.7 Å². The van der Waals surface area contributed by atoms with Crippen LogP contribution < -0.4 is 14.8 Å². The first-order valence-corrected chi connectivity index (χ1v) is 14.4. The smallest absolute Gasteiger partial charge is 0.432 e. The van der Waals surface area contributed by atoms with Crippen LogP contribution >= 0.6 is 0 Å². The van der Waals surface area contributed by atoms with E-state index in [-0.39, 0.29) is 36.3 Å². The highest BCUT2D eigenvalue weighted by Gasteiger charge is 2.72. The summed E-state index contributed by atoms with van der Waals surface area (Å²) in [4.78, 5) is 30.7. The van der Waals surface area contributed by atoms with Gasteiger partial charge in [0.2, 0.25) is 0 Å². The van der Waals surface area contributed by atoms with Gasteiger partial charge in [-0.15, -0.1) is 0 Å². The second kappa shape index (κ2) is 12.8. The molecule has 0 saturated carbocycles. The van der Waals surface area contributed by atoms with Crippen LogP contribution in [0.3, 0.4) is 0 Å². The second-order valence-electron chi connectivity index (χ2n) is 11.3. The van der Waals surface area contributed by atoms with Gasteiger partial charge in [-0.1, -0.05) is 37.6 Å². The summed E-state index contributed by atoms with van der Waals surface area (Å²) in [5.74, 6) is 0.350. The summed E-state index contributed by atoms with van der Waals surface area (Å²) in [6.45, 7) is 7.13. The zero-order chi connectivity index (χ0) is 34.1. The Hall–Kier alpha value is -4.33. The average Bonchev–Trinajstić information content (AvgIpc) is 3.19. The predicted molar refractivity (Wildman–Crippen MR) is 154 cm³/mol. The number of ether oxygens (including phenoxy) is 2. The summed E-state index contributed by atoms with van der Waals surface area (Å²) in [6, 6.07) is 14.0. The monoisotopic (exact) mass is 653 g/mol. The molecule has 14 heteroatoms. The number of hydrogen-bond acceptors (Lipinski definition) is 6. The summed E-state index contributed by atoms with van der Waals surface area (Å²) >= 11 is 0. The molecule has 8 nitrogen and oxygen atoms in total. The molecule has 0 bridgehead atoms. The van der Waals surface area contributed by atoms with E-state index in [2.05, 4.69) is 10.3 Å². The van der Waals surface area contributed by atoms with Crippen LogP contribution in [0.2, 0.25) is 0 Å². The number of aliphatic hydroxyl groups is 1. The van der Waals surface area contributed by atoms with E-state index in [1.54, 1.807) is 50.2 Å². The van der Waals surface area contributed by atoms with Crippen molar-refractivity contribution in [2.45, 2.75) is 76.6 Å². The first-order chi connectivity index (χ1) is 21.4. The number of carbonyl (C=O) groups is 2. The molecule has 1 aliphatic heterocycles. The van der Waals surface area contributed by atoms with E-state index < -0.39 is 41.1 Å². The highest BCUT2D eigenvalue weighted by atomic mass is 19.4. The zero-order valence-corrected chi connectivity index (χ0v) is 25.4. The van der Waals surface area contributed by atoms with Crippen LogP contribution in [-0.4, -0.2) is 51.9 Å². The van der Waals surface area contributed by atoms with E-state index in [0.717, 1.165) is 16.5 Å². The molecular formula is C32H33F6N3O5. The van der Waals surface area contributed by atoms with Crippen LogP contribution in [0, 0.1) is 0 Å². The molecule has 0 spiro atoms. The lowest BCUT2D eigenvalue weighted by atomic mass is 9.92. The summed E-state index contributed by atoms with van der Waals surface area (Å²) in [6.07, 6.45) is -11.6. The van der Waals surface area contributed by atoms with Gasteiger partial charge in [0.1, 0.15) is 22.8 Å². The molecule has 2 aromatic carbocycles. The topological polar surface area (TPSA) is 101 Å². The first kappa shape index (κ1) is 34.5. The van der Waals surface area contributed by atoms with Crippen molar-refractivity contribution in [1.82, 2.24) is 15.2 Å². The Morgan fingerprint density at radius 2 is 1.48 bits per heavy atom. The van der Waals surface area contributed by atoms with Crippen molar-refractivity contribution in [3.05, 3.63) is 83.2 Å². The molecule has 1 saturated heterocycles. The molecule has 3 amide bonds. The van der Waals surface area contributed by atoms with Crippen molar-refractivity contribution >= 4 is 11.9 Å². The predicted octanol–water partition coefficient (Wildman–Crippen LogP) is 6.94. The minimum atomic E-state index is -6.06. The van der Waals surface area contributed by atoms with Crippen LogP contribution in [0.4, 0.5) is 31.1 Å². The van der Waals surface area contributed by atoms with Crippen molar-refractivity contribution < 1.29 is 50.5 Å². The molecular weight excluding hydrogens is 620 g/mol. The van der Waals surface area contributed by atoms with Crippen LogP contribution in [0.1, 0.15) is 56.6 Å². The fraction of sp³-hybridized carbons (Fsp3) is 0.406. The van der Waals surface area contributed by atoms with Crippen molar-refractivity contribution in [3.8, 4) is 17.2 Å². The molecule has 1 unspecified atom stereocenters. The Balaban J connectivity index is 1.45. The van der Waals surface area contributed by atoms with Gasteiger partial charge in [0, 0.05) is 6.54 Å². The largest absolute Gasteiger partial charge is 0.491 e. The van der Waals surface area contributed by atoms with Gasteiger partial charge in [0.25, 0.3) is 11.5 Å². The van der Waals surface area contributed by atoms with Gasteiger partial charge in [-0.2, -0.15) is 26.3 Å². The number of halogens is 6. The number of imide groups is 1. The maximum Gasteiger partial charge on any atom is 0.432 e. The van der Waals surface area contributed by atoms with Crippen LogP contribution in [0.5, 0.6) is 17.2 Å². The lowest BCUT2D eigenvalue weighted by Crippen LogP contribution is -2.54. The number of amides is 3. The summed E-state index contributed by atoms with van der Waals surface area (Å²) in [7, 11) is 0. The van der Waals surface area contributed by atoms with E-state index in [0.29, 0.717) is 30.2 Å². The Morgan fingerprint density at radius 3 is 2.02 bits per heavy atom. The number of alkyl halides is 6. The summed E-state index contributed by atoms with van der Waals surface area (Å²) < 4.78 is 91.6. The number of rotatable bonds is 11. The molecule has 46 heavy (non-hydrogen) atoms. The third kappa shape index (κ3) is 6.76. The van der Waals surface area contributed by atoms with Gasteiger partial charge < -0.3 is 19.9 Å². The quantitative estimate of drug-likeness (QED) is 0.172. The maximum absolute atomic E-state index is 13.4. The lowest BCUT2D eigenvalue weighted by molar-refractivity contribution is -0.377. The van der Waals surface area contributed by atoms with Crippen molar-refractivity contribution in [1.29, 1.82) is 0 Å². The fourth-order valence-electron chi connectivity index (χ4n) is 4.98. The highest BCUT2D eigenvalue weighted by molar-refractivity contribution is 6.07. The number of aryl methyl sites for hydroxylation is 1. The number of nitrogens with zero attached hydrogens (tertiary/aromatic N) is 2. The van der Waals surface area contributed by atoms with Gasteiger partial charge in [0.05, 0.1) is 17.5 Å². The molecule has 1 atom stereocenters. The number of aromatic nitrogens is 1. The second-order valence-corrected chi connectivity index (χ2v) is 11.3. The lowest BCUT2D eigenvalue weighted by Gasteiger charge is -2.32. The molecule has 1 aliphatic rings. The molecule has 1 fully saturated rings. The number of nitrogens with one attached hydrogen (secondary N) is 1. The molecule has 3 aromatic rings. The van der Waals surface area contributed by atoms with E-state index >= 15 is 0 Å². The minimum Gasteiger partial charge on any atom is -0.491 e. The standard InChI is InChI=1S/C32H33F6N3O5/c1-5-6-24-25(15-16-26(39-24)30(44,31(33,34)35)32(36,37)38)46-23-11-7-20(8-12-23)17-18-41-27(42)29(4,40-28(41)43)21-9-13-22(14-10-21)45-19(2)3/h7-16,19,44H,5-6,17-18H2,1-4H3,(H,40,43). The van der Waals surface area contributed by atoms with Gasteiger partial charge in [-0.05, 0) is 81.1 Å². The van der Waals surface area contributed by atoms with Gasteiger partial charge in [-0.25, -0.2) is 4.79 Å². The van der Waals surface area contributed by atoms with Crippen LogP contribution in [0.15, 0.2) is 60.7 Å². The number of pyridine rings is 1. The molecule has 4 rings (SSSR count). The van der Waals surface area contributed by atoms with E-state index in [9.17, 15) is 41.0 Å². The highest BCUT2D eigenvalue weighted by Crippen LogP contribution is 2.50. The van der Waals surface area contributed by atoms with Crippen LogP contribution in [0.25, 0.3) is 0 Å². The minimum absolute atomic E-state index is 0.0201. The molecule has 0 aliphatic carbocycles. The van der Waals surface area contributed by atoms with Crippen molar-refractivity contribution in [2.24, 2.45) is 0 Å². The number of benzene rings is 2. The van der Waals surface area contributed by atoms with Gasteiger partial charge in [0.15, 0.2) is 0 Å². The third-order valence-electron chi connectivity index (χ3n) is 7.46. The SMILES string of the molecule is CCCc1nc(C(O)(C(F)(F)F)C(F)(F)F)ccc1Oc1ccc(CCN2C(=O)NC(C)(c3ccc(OC(C)C)cc3)C2=O)cc1. The maximum atomic E-state index is 13.4. The molecule has 248 valence electrons. The Kier molecular flexibility index (Phi) is 9.62. The average molecular weight is 654 g/mol. The molecule has 1 aromatic heterocycles. The molecule has 2 N–H and O–H groups in total. The van der Waals surface area contributed by atoms with Crippen LogP contribution in [-0.2, 0) is 28.8 Å². The number of hydrogen-bond donors (Lipinski definition) is 2. The van der Waals surface area contributed by atoms with E-state index in [1.807, 2.05) is 13.8 Å². The normalized spacial score (nSPS) is 17.4. The third-order valence-corrected chi connectivity index (χ3v) is 7.46. The number of carbonyl (C=O) groups excluding carboxylic acids is 2. The summed E-state index contributed by atoms with van der Waals surface area (Å²) in [5, 5.41) is 12.5. The van der Waals surface area contributed by atoms with Gasteiger partial charge >= 0.3 is 18.4 Å². The Bertz CT molecular complexity index is 1540. The van der Waals surface area contributed by atoms with E-state index in [1.165, 1.54) is 12.1 Å². The fourth-order valence-corrected chi connectivity index (χ4v) is 4.98. The van der Waals surface area contributed by atoms with Crippen molar-refractivity contribution in [2.75, 3.05) is 6.54 Å². The Labute approximate surface area is 261 Å². The zero-order valence-electron chi connectivity index (χ0n) is 25.4. The Morgan fingerprint density at radius 1 is 0.891 bits per heavy atom. The first-order valence-electron chi connectivity index (χ1n) is 14.4. The van der Waals surface area contributed by atoms with E-state index in [4.69, 9.17) is 9.47 Å².